The molecule has 1 N–H and O–H groups in total. The fourth-order valence-corrected chi connectivity index (χ4v) is 4.85. The van der Waals surface area contributed by atoms with Crippen LogP contribution in [0.3, 0.4) is 0 Å². The van der Waals surface area contributed by atoms with Crippen molar-refractivity contribution in [3.63, 3.8) is 0 Å². The van der Waals surface area contributed by atoms with E-state index in [0.717, 1.165) is 38.9 Å². The highest BCUT2D eigenvalue weighted by molar-refractivity contribution is 5.83. The maximum atomic E-state index is 13.3. The van der Waals surface area contributed by atoms with Gasteiger partial charge in [-0.25, -0.2) is 0 Å². The number of nitrogens with zero attached hydrogens (tertiary/aromatic N) is 2. The first-order chi connectivity index (χ1) is 15.6. The molecule has 1 amide bonds. The molecule has 166 valence electrons. The van der Waals surface area contributed by atoms with Gasteiger partial charge in [-0.3, -0.25) is 14.7 Å². The van der Waals surface area contributed by atoms with Crippen molar-refractivity contribution in [1.82, 2.24) is 15.2 Å². The Morgan fingerprint density at radius 1 is 1.00 bits per heavy atom. The minimum absolute atomic E-state index is 0.199. The van der Waals surface area contributed by atoms with Crippen LogP contribution in [0.25, 0.3) is 11.1 Å². The summed E-state index contributed by atoms with van der Waals surface area (Å²) in [6.07, 6.45) is 6.22. The summed E-state index contributed by atoms with van der Waals surface area (Å²) in [5.41, 5.74) is 5.91. The first-order valence-corrected chi connectivity index (χ1v) is 11.6. The Bertz CT molecular complexity index is 1040. The van der Waals surface area contributed by atoms with Gasteiger partial charge < -0.3 is 5.32 Å². The average molecular weight is 428 g/mol. The van der Waals surface area contributed by atoms with E-state index < -0.39 is 0 Å². The van der Waals surface area contributed by atoms with Gasteiger partial charge >= 0.3 is 0 Å². The van der Waals surface area contributed by atoms with Crippen molar-refractivity contribution >= 4 is 5.91 Å². The summed E-state index contributed by atoms with van der Waals surface area (Å²) in [5.74, 6) is 0.199. The van der Waals surface area contributed by atoms with Crippen LogP contribution in [-0.4, -0.2) is 35.4 Å². The van der Waals surface area contributed by atoms with Crippen LogP contribution in [0.15, 0.2) is 73.1 Å². The molecular weight excluding hydrogens is 394 g/mol. The SMILES string of the molecule is CCNC(=O)C1(Cc2cccc(-c3ccccc3C)c2)CCN(Cc2ccncc2)CC1. The number of carbonyl (C=O) groups is 1. The molecule has 0 atom stereocenters. The number of hydrogen-bond acceptors (Lipinski definition) is 3. The summed E-state index contributed by atoms with van der Waals surface area (Å²) in [6.45, 7) is 7.59. The number of amides is 1. The van der Waals surface area contributed by atoms with E-state index in [-0.39, 0.29) is 11.3 Å². The van der Waals surface area contributed by atoms with Crippen LogP contribution in [0.4, 0.5) is 0 Å². The van der Waals surface area contributed by atoms with Gasteiger partial charge in [0.15, 0.2) is 0 Å². The zero-order valence-electron chi connectivity index (χ0n) is 19.2. The highest BCUT2D eigenvalue weighted by Crippen LogP contribution is 2.37. The van der Waals surface area contributed by atoms with Crippen molar-refractivity contribution in [3.05, 3.63) is 89.7 Å². The Hall–Kier alpha value is -2.98. The van der Waals surface area contributed by atoms with E-state index in [1.165, 1.54) is 27.8 Å². The van der Waals surface area contributed by atoms with Crippen LogP contribution in [0.1, 0.15) is 36.5 Å². The summed E-state index contributed by atoms with van der Waals surface area (Å²) < 4.78 is 0. The predicted octanol–water partition coefficient (Wildman–Crippen LogP) is 5.02. The van der Waals surface area contributed by atoms with Gasteiger partial charge in [0.2, 0.25) is 5.91 Å². The molecule has 0 aliphatic carbocycles. The first-order valence-electron chi connectivity index (χ1n) is 11.6. The lowest BCUT2D eigenvalue weighted by molar-refractivity contribution is -0.134. The van der Waals surface area contributed by atoms with Gasteiger partial charge in [-0.2, -0.15) is 0 Å². The van der Waals surface area contributed by atoms with Crippen LogP contribution in [0, 0.1) is 12.3 Å². The van der Waals surface area contributed by atoms with Crippen LogP contribution in [0.2, 0.25) is 0 Å². The highest BCUT2D eigenvalue weighted by atomic mass is 16.2. The maximum Gasteiger partial charge on any atom is 0.226 e. The van der Waals surface area contributed by atoms with Crippen molar-refractivity contribution < 1.29 is 4.79 Å². The normalized spacial score (nSPS) is 15.9. The van der Waals surface area contributed by atoms with E-state index in [1.54, 1.807) is 0 Å². The fourth-order valence-electron chi connectivity index (χ4n) is 4.85. The minimum atomic E-state index is -0.352. The molecule has 1 fully saturated rings. The third-order valence-corrected chi connectivity index (χ3v) is 6.71. The van der Waals surface area contributed by atoms with Gasteiger partial charge in [0.05, 0.1) is 5.41 Å². The molecule has 0 bridgehead atoms. The fraction of sp³-hybridized carbons (Fsp3) is 0.357. The van der Waals surface area contributed by atoms with E-state index in [9.17, 15) is 4.79 Å². The zero-order valence-corrected chi connectivity index (χ0v) is 19.2. The van der Waals surface area contributed by atoms with Gasteiger partial charge in [0.1, 0.15) is 0 Å². The largest absolute Gasteiger partial charge is 0.356 e. The third-order valence-electron chi connectivity index (χ3n) is 6.71. The lowest BCUT2D eigenvalue weighted by Gasteiger charge is -2.41. The molecule has 4 nitrogen and oxygen atoms in total. The first kappa shape index (κ1) is 22.2. The van der Waals surface area contributed by atoms with E-state index in [0.29, 0.717) is 6.54 Å². The number of benzene rings is 2. The van der Waals surface area contributed by atoms with Crippen molar-refractivity contribution in [1.29, 1.82) is 0 Å². The number of pyridine rings is 1. The Balaban J connectivity index is 1.53. The summed E-state index contributed by atoms with van der Waals surface area (Å²) >= 11 is 0. The molecule has 1 aliphatic rings. The van der Waals surface area contributed by atoms with Crippen molar-refractivity contribution in [3.8, 4) is 11.1 Å². The van der Waals surface area contributed by atoms with Crippen LogP contribution < -0.4 is 5.32 Å². The van der Waals surface area contributed by atoms with Crippen LogP contribution in [0.5, 0.6) is 0 Å². The number of piperidine rings is 1. The molecule has 2 heterocycles. The molecule has 2 aromatic carbocycles. The van der Waals surface area contributed by atoms with Gasteiger partial charge in [-0.1, -0.05) is 48.5 Å². The molecule has 0 saturated carbocycles. The Morgan fingerprint density at radius 2 is 1.75 bits per heavy atom. The molecule has 32 heavy (non-hydrogen) atoms. The van der Waals surface area contributed by atoms with Gasteiger partial charge in [-0.05, 0) is 86.1 Å². The number of carbonyl (C=O) groups excluding carboxylic acids is 1. The molecule has 4 rings (SSSR count). The van der Waals surface area contributed by atoms with E-state index in [2.05, 4.69) is 82.8 Å². The zero-order chi connectivity index (χ0) is 22.4. The summed E-state index contributed by atoms with van der Waals surface area (Å²) in [5, 5.41) is 3.13. The second kappa shape index (κ2) is 10.1. The quantitative estimate of drug-likeness (QED) is 0.576. The number of aryl methyl sites for hydroxylation is 1. The molecule has 4 heteroatoms. The highest BCUT2D eigenvalue weighted by Gasteiger charge is 2.41. The summed E-state index contributed by atoms with van der Waals surface area (Å²) in [4.78, 5) is 19.8. The Morgan fingerprint density at radius 3 is 2.47 bits per heavy atom. The topological polar surface area (TPSA) is 45.2 Å². The van der Waals surface area contributed by atoms with E-state index in [4.69, 9.17) is 0 Å². The molecule has 1 aliphatic heterocycles. The lowest BCUT2D eigenvalue weighted by atomic mass is 9.72. The molecule has 1 saturated heterocycles. The molecule has 0 radical (unpaired) electrons. The molecule has 0 spiro atoms. The number of likely N-dealkylation sites (tertiary alicyclic amines) is 1. The Kier molecular flexibility index (Phi) is 7.01. The van der Waals surface area contributed by atoms with Gasteiger partial charge in [0.25, 0.3) is 0 Å². The number of aromatic nitrogens is 1. The molecule has 0 unspecified atom stereocenters. The summed E-state index contributed by atoms with van der Waals surface area (Å²) in [7, 11) is 0. The summed E-state index contributed by atoms with van der Waals surface area (Å²) in [6, 6.07) is 21.4. The second-order valence-electron chi connectivity index (χ2n) is 8.96. The van der Waals surface area contributed by atoms with E-state index >= 15 is 0 Å². The van der Waals surface area contributed by atoms with Crippen LogP contribution in [-0.2, 0) is 17.8 Å². The minimum Gasteiger partial charge on any atom is -0.356 e. The Labute approximate surface area is 191 Å². The molecule has 3 aromatic rings. The van der Waals surface area contributed by atoms with Gasteiger partial charge in [0, 0.05) is 25.5 Å². The number of hydrogen-bond donors (Lipinski definition) is 1. The van der Waals surface area contributed by atoms with Crippen molar-refractivity contribution in [2.75, 3.05) is 19.6 Å². The standard InChI is InChI=1S/C28H33N3O/c1-3-30-27(32)28(13-17-31(18-14-28)21-23-11-15-29-16-12-23)20-24-8-6-9-25(19-24)26-10-5-4-7-22(26)2/h4-12,15-16,19H,3,13-14,17-18,20-21H2,1-2H3,(H,30,32). The van der Waals surface area contributed by atoms with E-state index in [1.807, 2.05) is 19.3 Å². The predicted molar refractivity (Wildman–Crippen MR) is 130 cm³/mol. The number of rotatable bonds is 7. The maximum absolute atomic E-state index is 13.3. The molecular formula is C28H33N3O. The number of nitrogens with one attached hydrogen (secondary N) is 1. The third kappa shape index (κ3) is 5.08. The van der Waals surface area contributed by atoms with Crippen molar-refractivity contribution in [2.24, 2.45) is 5.41 Å². The second-order valence-corrected chi connectivity index (χ2v) is 8.96. The average Bonchev–Trinajstić information content (AvgIpc) is 2.82. The van der Waals surface area contributed by atoms with Gasteiger partial charge in [-0.15, -0.1) is 0 Å². The van der Waals surface area contributed by atoms with Crippen molar-refractivity contribution in [2.45, 2.75) is 39.7 Å². The monoisotopic (exact) mass is 427 g/mol. The smallest absolute Gasteiger partial charge is 0.226 e. The lowest BCUT2D eigenvalue weighted by Crippen LogP contribution is -2.49. The molecule has 1 aromatic heterocycles. The van der Waals surface area contributed by atoms with Crippen LogP contribution >= 0.6 is 0 Å².